The summed E-state index contributed by atoms with van der Waals surface area (Å²) in [6.07, 6.45) is 12.1. The van der Waals surface area contributed by atoms with Crippen LogP contribution in [-0.4, -0.2) is 52.9 Å². The van der Waals surface area contributed by atoms with Gasteiger partial charge in [0.25, 0.3) is 5.91 Å². The van der Waals surface area contributed by atoms with Crippen molar-refractivity contribution in [2.75, 3.05) is 26.2 Å². The van der Waals surface area contributed by atoms with Crippen LogP contribution in [0, 0.1) is 0 Å². The first-order chi connectivity index (χ1) is 14.3. The van der Waals surface area contributed by atoms with Crippen molar-refractivity contribution in [2.45, 2.75) is 56.9 Å². The Kier molecular flexibility index (Phi) is 5.36. The predicted molar refractivity (Wildman–Crippen MR) is 115 cm³/mol. The van der Waals surface area contributed by atoms with Crippen LogP contribution in [0.4, 0.5) is 0 Å². The Morgan fingerprint density at radius 3 is 2.41 bits per heavy atom. The second-order valence-corrected chi connectivity index (χ2v) is 8.96. The molecule has 1 aromatic heterocycles. The number of nitrogens with zero attached hydrogens (tertiary/aromatic N) is 3. The van der Waals surface area contributed by atoms with E-state index in [1.165, 1.54) is 50.8 Å². The normalized spacial score (nSPS) is 21.3. The zero-order chi connectivity index (χ0) is 19.6. The number of pyridine rings is 1. The maximum absolute atomic E-state index is 12.7. The molecule has 0 bridgehead atoms. The van der Waals surface area contributed by atoms with Crippen LogP contribution in [-0.2, 0) is 12.8 Å². The molecule has 1 aliphatic carbocycles. The first kappa shape index (κ1) is 18.8. The fourth-order valence-electron chi connectivity index (χ4n) is 5.22. The van der Waals surface area contributed by atoms with E-state index in [1.54, 1.807) is 23.5 Å². The molecule has 5 rings (SSSR count). The van der Waals surface area contributed by atoms with E-state index in [9.17, 15) is 4.79 Å². The second-order valence-electron chi connectivity index (χ2n) is 8.96. The summed E-state index contributed by atoms with van der Waals surface area (Å²) in [4.78, 5) is 21.5. The van der Waals surface area contributed by atoms with Crippen molar-refractivity contribution in [3.8, 4) is 0 Å². The maximum Gasteiger partial charge on any atom is 0.255 e. The Morgan fingerprint density at radius 1 is 0.931 bits per heavy atom. The highest BCUT2D eigenvalue weighted by molar-refractivity contribution is 5.93. The van der Waals surface area contributed by atoms with Gasteiger partial charge in [-0.05, 0) is 73.3 Å². The predicted octanol–water partition coefficient (Wildman–Crippen LogP) is 4.05. The Bertz CT molecular complexity index is 854. The molecule has 2 aromatic rings. The van der Waals surface area contributed by atoms with Crippen molar-refractivity contribution in [2.24, 2.45) is 0 Å². The van der Waals surface area contributed by atoms with Crippen LogP contribution in [0.1, 0.15) is 65.1 Å². The molecule has 0 atom stereocenters. The summed E-state index contributed by atoms with van der Waals surface area (Å²) in [5, 5.41) is 0. The molecule has 1 amide bonds. The van der Waals surface area contributed by atoms with Crippen molar-refractivity contribution in [3.63, 3.8) is 0 Å². The summed E-state index contributed by atoms with van der Waals surface area (Å²) in [6, 6.07) is 11.8. The summed E-state index contributed by atoms with van der Waals surface area (Å²) >= 11 is 0. The topological polar surface area (TPSA) is 36.4 Å². The van der Waals surface area contributed by atoms with E-state index in [0.29, 0.717) is 11.5 Å². The van der Waals surface area contributed by atoms with Crippen molar-refractivity contribution < 1.29 is 4.79 Å². The van der Waals surface area contributed by atoms with Gasteiger partial charge in [-0.25, -0.2) is 0 Å². The summed E-state index contributed by atoms with van der Waals surface area (Å²) in [5.41, 5.74) is 5.30. The van der Waals surface area contributed by atoms with E-state index in [-0.39, 0.29) is 5.91 Å². The average molecular weight is 390 g/mol. The molecule has 3 aliphatic rings. The van der Waals surface area contributed by atoms with Crippen molar-refractivity contribution >= 4 is 5.91 Å². The molecule has 4 heteroatoms. The highest BCUT2D eigenvalue weighted by atomic mass is 16.2. The van der Waals surface area contributed by atoms with Gasteiger partial charge >= 0.3 is 0 Å². The lowest BCUT2D eigenvalue weighted by molar-refractivity contribution is 0.0712. The Hall–Kier alpha value is -2.20. The van der Waals surface area contributed by atoms with Crippen molar-refractivity contribution in [3.05, 3.63) is 65.0 Å². The standard InChI is InChI=1S/C25H31N3O/c29-25(23-3-2-12-26-18-23)28-15-9-20(10-16-28)21-7-6-19-8-13-27(24-4-1-5-24)14-11-22(19)17-21/h2-3,6-7,12,17-18,20,24H,1,4-5,8-11,13-16H2. The van der Waals surface area contributed by atoms with E-state index in [0.717, 1.165) is 32.0 Å². The summed E-state index contributed by atoms with van der Waals surface area (Å²) < 4.78 is 0. The number of amides is 1. The monoisotopic (exact) mass is 389 g/mol. The molecule has 1 saturated carbocycles. The van der Waals surface area contributed by atoms with E-state index < -0.39 is 0 Å². The fraction of sp³-hybridized carbons (Fsp3) is 0.520. The molecule has 152 valence electrons. The van der Waals surface area contributed by atoms with Gasteiger partial charge in [0, 0.05) is 44.6 Å². The zero-order valence-electron chi connectivity index (χ0n) is 17.2. The molecule has 4 nitrogen and oxygen atoms in total. The number of carbonyl (C=O) groups excluding carboxylic acids is 1. The minimum absolute atomic E-state index is 0.120. The van der Waals surface area contributed by atoms with Gasteiger partial charge in [-0.3, -0.25) is 14.7 Å². The molecule has 0 radical (unpaired) electrons. The third-order valence-corrected chi connectivity index (χ3v) is 7.32. The molecule has 0 unspecified atom stereocenters. The number of aromatic nitrogens is 1. The number of fused-ring (bicyclic) bond motifs is 1. The molecule has 3 heterocycles. The van der Waals surface area contributed by atoms with E-state index >= 15 is 0 Å². The number of hydrogen-bond acceptors (Lipinski definition) is 3. The van der Waals surface area contributed by atoms with Gasteiger partial charge in [0.2, 0.25) is 0 Å². The van der Waals surface area contributed by atoms with Crippen molar-refractivity contribution in [1.29, 1.82) is 0 Å². The molecule has 1 saturated heterocycles. The summed E-state index contributed by atoms with van der Waals surface area (Å²) in [7, 11) is 0. The molecule has 1 aromatic carbocycles. The van der Waals surface area contributed by atoms with Crippen molar-refractivity contribution in [1.82, 2.24) is 14.8 Å². The lowest BCUT2D eigenvalue weighted by atomic mass is 9.86. The first-order valence-corrected chi connectivity index (χ1v) is 11.3. The van der Waals surface area contributed by atoms with E-state index in [4.69, 9.17) is 0 Å². The number of hydrogen-bond donors (Lipinski definition) is 0. The second kappa shape index (κ2) is 8.27. The third-order valence-electron chi connectivity index (χ3n) is 7.32. The summed E-state index contributed by atoms with van der Waals surface area (Å²) in [5.74, 6) is 0.693. The Morgan fingerprint density at radius 2 is 1.72 bits per heavy atom. The van der Waals surface area contributed by atoms with Gasteiger partial charge in [-0.1, -0.05) is 24.6 Å². The van der Waals surface area contributed by atoms with Gasteiger partial charge < -0.3 is 4.90 Å². The molecule has 0 N–H and O–H groups in total. The molecule has 2 fully saturated rings. The Labute approximate surface area is 173 Å². The molecular weight excluding hydrogens is 358 g/mol. The van der Waals surface area contributed by atoms with Gasteiger partial charge in [-0.2, -0.15) is 0 Å². The lowest BCUT2D eigenvalue weighted by Crippen LogP contribution is -2.41. The van der Waals surface area contributed by atoms with Crippen LogP contribution < -0.4 is 0 Å². The highest BCUT2D eigenvalue weighted by Crippen LogP contribution is 2.32. The maximum atomic E-state index is 12.7. The SMILES string of the molecule is O=C(c1cccnc1)N1CCC(c2ccc3c(c2)CCN(C2CCC2)CC3)CC1. The zero-order valence-corrected chi connectivity index (χ0v) is 17.2. The minimum Gasteiger partial charge on any atom is -0.339 e. The molecular formula is C25H31N3O. The molecule has 29 heavy (non-hydrogen) atoms. The largest absolute Gasteiger partial charge is 0.339 e. The van der Waals surface area contributed by atoms with Gasteiger partial charge in [0.1, 0.15) is 0 Å². The molecule has 0 spiro atoms. The van der Waals surface area contributed by atoms with Crippen LogP contribution in [0.2, 0.25) is 0 Å². The highest BCUT2D eigenvalue weighted by Gasteiger charge is 2.28. The third kappa shape index (κ3) is 3.95. The lowest BCUT2D eigenvalue weighted by Gasteiger charge is -2.36. The van der Waals surface area contributed by atoms with Crippen LogP contribution in [0.3, 0.4) is 0 Å². The summed E-state index contributed by atoms with van der Waals surface area (Å²) in [6.45, 7) is 4.13. The fourth-order valence-corrected chi connectivity index (χ4v) is 5.22. The van der Waals surface area contributed by atoms with E-state index in [1.807, 2.05) is 17.0 Å². The van der Waals surface area contributed by atoms with Crippen LogP contribution in [0.15, 0.2) is 42.7 Å². The smallest absolute Gasteiger partial charge is 0.255 e. The van der Waals surface area contributed by atoms with E-state index in [2.05, 4.69) is 28.1 Å². The number of benzene rings is 1. The van der Waals surface area contributed by atoms with Gasteiger partial charge in [0.15, 0.2) is 0 Å². The first-order valence-electron chi connectivity index (χ1n) is 11.3. The van der Waals surface area contributed by atoms with Gasteiger partial charge in [-0.15, -0.1) is 0 Å². The van der Waals surface area contributed by atoms with Crippen LogP contribution >= 0.6 is 0 Å². The molecule has 2 aliphatic heterocycles. The number of carbonyl (C=O) groups is 1. The van der Waals surface area contributed by atoms with Gasteiger partial charge in [0.05, 0.1) is 5.56 Å². The number of rotatable bonds is 3. The quantitative estimate of drug-likeness (QED) is 0.794. The minimum atomic E-state index is 0.120. The van der Waals surface area contributed by atoms with Crippen LogP contribution in [0.5, 0.6) is 0 Å². The Balaban J connectivity index is 1.22. The average Bonchev–Trinajstić information content (AvgIpc) is 2.95. The number of piperidine rings is 1. The van der Waals surface area contributed by atoms with Crippen LogP contribution in [0.25, 0.3) is 0 Å². The number of likely N-dealkylation sites (tertiary alicyclic amines) is 1.